The van der Waals surface area contributed by atoms with Crippen molar-refractivity contribution in [1.82, 2.24) is 10.6 Å². The molecule has 1 aliphatic heterocycles. The van der Waals surface area contributed by atoms with Crippen molar-refractivity contribution >= 4 is 46.4 Å². The van der Waals surface area contributed by atoms with Gasteiger partial charge in [0.1, 0.15) is 0 Å². The maximum absolute atomic E-state index is 13.0. The minimum absolute atomic E-state index is 0.209. The van der Waals surface area contributed by atoms with Crippen LogP contribution < -0.4 is 10.6 Å². The van der Waals surface area contributed by atoms with Crippen LogP contribution >= 0.6 is 23.8 Å². The lowest BCUT2D eigenvalue weighted by molar-refractivity contribution is -0.150. The van der Waals surface area contributed by atoms with Crippen LogP contribution in [0.4, 0.5) is 0 Å². The van der Waals surface area contributed by atoms with Gasteiger partial charge in [-0.1, -0.05) is 53.6 Å². The van der Waals surface area contributed by atoms with E-state index in [4.69, 9.17) is 28.6 Å². The molecule has 3 rings (SSSR count). The number of thiocarbonyl (C=S) groups is 1. The average Bonchev–Trinajstić information content (AvgIpc) is 2.66. The normalized spacial score (nSPS) is 16.3. The number of nitrogens with one attached hydrogen (secondary N) is 2. The van der Waals surface area contributed by atoms with Crippen molar-refractivity contribution in [2.45, 2.75) is 19.9 Å². The predicted octanol–water partition coefficient (Wildman–Crippen LogP) is 3.63. The molecule has 0 radical (unpaired) electrons. The number of esters is 1. The Kier molecular flexibility index (Phi) is 5.82. The Bertz CT molecular complexity index is 1020. The van der Waals surface area contributed by atoms with Crippen LogP contribution in [0.15, 0.2) is 48.0 Å². The number of Topliss-reactive ketones (excluding diaryl/α,β-unsaturated/α-hetero) is 1. The van der Waals surface area contributed by atoms with Crippen LogP contribution in [-0.4, -0.2) is 24.0 Å². The molecule has 0 unspecified atom stereocenters. The topological polar surface area (TPSA) is 67.4 Å². The number of ketones is 1. The third-order valence-corrected chi connectivity index (χ3v) is 5.12. The summed E-state index contributed by atoms with van der Waals surface area (Å²) in [7, 11) is 1.18. The third kappa shape index (κ3) is 3.79. The number of rotatable bonds is 4. The van der Waals surface area contributed by atoms with E-state index in [9.17, 15) is 9.59 Å². The standard InChI is InChI=1S/C21H19ClN2O3S/c1-11-8-9-13(12(2)10-11)17-16(19(25)20(26)27-3)18(24-21(28)23-17)14-6-4-5-7-15(14)22/h4-10,18H,1-3H3,(H2,23,24,28)/t18-/m0/s1. The second-order valence-corrected chi connectivity index (χ2v) is 7.30. The van der Waals surface area contributed by atoms with E-state index in [-0.39, 0.29) is 5.57 Å². The number of halogens is 1. The number of benzene rings is 2. The summed E-state index contributed by atoms with van der Waals surface area (Å²) in [6.07, 6.45) is 0. The number of carbonyl (C=O) groups is 2. The zero-order valence-electron chi connectivity index (χ0n) is 15.6. The van der Waals surface area contributed by atoms with Gasteiger partial charge in [-0.05, 0) is 43.3 Å². The number of hydrogen-bond donors (Lipinski definition) is 2. The fourth-order valence-corrected chi connectivity index (χ4v) is 3.73. The second-order valence-electron chi connectivity index (χ2n) is 6.48. The van der Waals surface area contributed by atoms with Crippen molar-refractivity contribution in [2.75, 3.05) is 7.11 Å². The summed E-state index contributed by atoms with van der Waals surface area (Å²) in [4.78, 5) is 25.1. The first-order valence-corrected chi connectivity index (χ1v) is 9.38. The first kappa shape index (κ1) is 20.0. The van der Waals surface area contributed by atoms with Crippen LogP contribution in [0.1, 0.15) is 28.3 Å². The van der Waals surface area contributed by atoms with Gasteiger partial charge in [-0.3, -0.25) is 4.79 Å². The SMILES string of the molecule is COC(=O)C(=O)C1=C(c2ccc(C)cc2C)NC(=S)N[C@H]1c1ccccc1Cl. The van der Waals surface area contributed by atoms with E-state index in [1.165, 1.54) is 7.11 Å². The molecule has 0 saturated heterocycles. The summed E-state index contributed by atoms with van der Waals surface area (Å²) < 4.78 is 4.70. The molecule has 1 atom stereocenters. The van der Waals surface area contributed by atoms with Gasteiger partial charge >= 0.3 is 5.97 Å². The molecule has 28 heavy (non-hydrogen) atoms. The van der Waals surface area contributed by atoms with Gasteiger partial charge in [0.15, 0.2) is 5.11 Å². The molecule has 0 aliphatic carbocycles. The van der Waals surface area contributed by atoms with E-state index in [1.54, 1.807) is 18.2 Å². The van der Waals surface area contributed by atoms with Gasteiger partial charge in [0, 0.05) is 10.6 Å². The van der Waals surface area contributed by atoms with Crippen LogP contribution in [0.3, 0.4) is 0 Å². The molecule has 7 heteroatoms. The minimum atomic E-state index is -0.953. The number of aryl methyl sites for hydroxylation is 2. The van der Waals surface area contributed by atoms with Gasteiger partial charge in [-0.2, -0.15) is 0 Å². The van der Waals surface area contributed by atoms with Crippen LogP contribution in [0, 0.1) is 13.8 Å². The molecule has 0 amide bonds. The molecular weight excluding hydrogens is 396 g/mol. The zero-order chi connectivity index (χ0) is 20.4. The molecule has 5 nitrogen and oxygen atoms in total. The highest BCUT2D eigenvalue weighted by molar-refractivity contribution is 7.80. The van der Waals surface area contributed by atoms with Crippen molar-refractivity contribution in [3.8, 4) is 0 Å². The molecule has 0 fully saturated rings. The molecule has 2 N–H and O–H groups in total. The van der Waals surface area contributed by atoms with Crippen molar-refractivity contribution in [3.63, 3.8) is 0 Å². The highest BCUT2D eigenvalue weighted by Gasteiger charge is 2.36. The smallest absolute Gasteiger partial charge is 0.379 e. The Morgan fingerprint density at radius 1 is 1.14 bits per heavy atom. The molecule has 2 aromatic rings. The first-order valence-electron chi connectivity index (χ1n) is 8.60. The molecule has 0 saturated carbocycles. The minimum Gasteiger partial charge on any atom is -0.463 e. The van der Waals surface area contributed by atoms with E-state index >= 15 is 0 Å². The van der Waals surface area contributed by atoms with E-state index in [0.717, 1.165) is 16.7 Å². The van der Waals surface area contributed by atoms with E-state index in [0.29, 0.717) is 21.4 Å². The van der Waals surface area contributed by atoms with E-state index < -0.39 is 17.8 Å². The fraction of sp³-hybridized carbons (Fsp3) is 0.190. The molecule has 0 spiro atoms. The molecule has 0 bridgehead atoms. The molecule has 0 aromatic heterocycles. The lowest BCUT2D eigenvalue weighted by Crippen LogP contribution is -2.46. The molecule has 144 valence electrons. The van der Waals surface area contributed by atoms with E-state index in [1.807, 2.05) is 38.1 Å². The second kappa shape index (κ2) is 8.12. The average molecular weight is 415 g/mol. The molecule has 1 heterocycles. The molecule has 1 aliphatic rings. The summed E-state index contributed by atoms with van der Waals surface area (Å²) in [5.74, 6) is -1.71. The Morgan fingerprint density at radius 2 is 1.86 bits per heavy atom. The molecular formula is C21H19ClN2O3S. The number of ether oxygens (including phenoxy) is 1. The van der Waals surface area contributed by atoms with Gasteiger partial charge in [-0.25, -0.2) is 4.79 Å². The summed E-state index contributed by atoms with van der Waals surface area (Å²) in [6.45, 7) is 3.92. The lowest BCUT2D eigenvalue weighted by atomic mass is 9.88. The summed E-state index contributed by atoms with van der Waals surface area (Å²) in [6, 6.07) is 12.3. The van der Waals surface area contributed by atoms with Gasteiger partial charge in [-0.15, -0.1) is 0 Å². The Hall–Kier alpha value is -2.70. The van der Waals surface area contributed by atoms with Gasteiger partial charge in [0.05, 0.1) is 24.4 Å². The van der Waals surface area contributed by atoms with Crippen LogP contribution in [0.2, 0.25) is 5.02 Å². The largest absolute Gasteiger partial charge is 0.463 e. The number of methoxy groups -OCH3 is 1. The quantitative estimate of drug-likeness (QED) is 0.452. The number of carbonyl (C=O) groups excluding carboxylic acids is 2. The predicted molar refractivity (Wildman–Crippen MR) is 113 cm³/mol. The van der Waals surface area contributed by atoms with Crippen LogP contribution in [-0.2, 0) is 14.3 Å². The van der Waals surface area contributed by atoms with Gasteiger partial charge in [0.25, 0.3) is 5.78 Å². The van der Waals surface area contributed by atoms with Crippen LogP contribution in [0.25, 0.3) is 5.70 Å². The Labute approximate surface area is 173 Å². The Balaban J connectivity index is 2.30. The van der Waals surface area contributed by atoms with Crippen molar-refractivity contribution in [2.24, 2.45) is 0 Å². The number of hydrogen-bond acceptors (Lipinski definition) is 4. The van der Waals surface area contributed by atoms with Gasteiger partial charge in [0.2, 0.25) is 0 Å². The Morgan fingerprint density at radius 3 is 2.50 bits per heavy atom. The zero-order valence-corrected chi connectivity index (χ0v) is 17.2. The van der Waals surface area contributed by atoms with E-state index in [2.05, 4.69) is 10.6 Å². The van der Waals surface area contributed by atoms with Crippen molar-refractivity contribution < 1.29 is 14.3 Å². The monoisotopic (exact) mass is 414 g/mol. The van der Waals surface area contributed by atoms with Gasteiger partial charge < -0.3 is 15.4 Å². The maximum Gasteiger partial charge on any atom is 0.379 e. The third-order valence-electron chi connectivity index (χ3n) is 4.55. The highest BCUT2D eigenvalue weighted by atomic mass is 35.5. The fourth-order valence-electron chi connectivity index (χ4n) is 3.26. The first-order chi connectivity index (χ1) is 13.3. The summed E-state index contributed by atoms with van der Waals surface area (Å²) in [5, 5.41) is 6.91. The van der Waals surface area contributed by atoms with Crippen LogP contribution in [0.5, 0.6) is 0 Å². The maximum atomic E-state index is 13.0. The van der Waals surface area contributed by atoms with Crippen molar-refractivity contribution in [3.05, 3.63) is 75.3 Å². The summed E-state index contributed by atoms with van der Waals surface area (Å²) >= 11 is 11.8. The highest BCUT2D eigenvalue weighted by Crippen LogP contribution is 2.36. The summed E-state index contributed by atoms with van der Waals surface area (Å²) in [5.41, 5.74) is 4.13. The molecule has 2 aromatic carbocycles. The van der Waals surface area contributed by atoms with Crippen molar-refractivity contribution in [1.29, 1.82) is 0 Å². The lowest BCUT2D eigenvalue weighted by Gasteiger charge is -2.32.